The van der Waals surface area contributed by atoms with Crippen molar-refractivity contribution in [2.75, 3.05) is 0 Å². The Bertz CT molecular complexity index is 529. The fraction of sp³-hybridized carbons (Fsp3) is 0.0769. The molecule has 0 amide bonds. The molecule has 1 heterocycles. The number of benzene rings is 1. The highest BCUT2D eigenvalue weighted by Crippen LogP contribution is 2.12. The fourth-order valence-electron chi connectivity index (χ4n) is 1.26. The number of pyridine rings is 1. The van der Waals surface area contributed by atoms with E-state index < -0.39 is 0 Å². The van der Waals surface area contributed by atoms with Gasteiger partial charge in [-0.2, -0.15) is 5.26 Å². The van der Waals surface area contributed by atoms with Gasteiger partial charge in [0, 0.05) is 6.20 Å². The SMILES string of the molecule is N#Cc1ccc(COc2ccc(F)cc2)nc1. The third kappa shape index (κ3) is 3.02. The summed E-state index contributed by atoms with van der Waals surface area (Å²) in [6.45, 7) is 0.289. The molecule has 3 nitrogen and oxygen atoms in total. The lowest BCUT2D eigenvalue weighted by Gasteiger charge is -2.05. The van der Waals surface area contributed by atoms with E-state index in [0.717, 1.165) is 0 Å². The summed E-state index contributed by atoms with van der Waals surface area (Å²) in [5.74, 6) is 0.284. The maximum absolute atomic E-state index is 12.6. The van der Waals surface area contributed by atoms with E-state index >= 15 is 0 Å². The van der Waals surface area contributed by atoms with Crippen molar-refractivity contribution in [2.45, 2.75) is 6.61 Å². The summed E-state index contributed by atoms with van der Waals surface area (Å²) < 4.78 is 18.0. The zero-order valence-electron chi connectivity index (χ0n) is 8.93. The van der Waals surface area contributed by atoms with Crippen molar-refractivity contribution in [1.82, 2.24) is 4.98 Å². The summed E-state index contributed by atoms with van der Waals surface area (Å²) >= 11 is 0. The molecule has 0 bridgehead atoms. The molecular formula is C13H9FN2O. The number of ether oxygens (including phenoxy) is 1. The zero-order valence-corrected chi connectivity index (χ0v) is 8.93. The van der Waals surface area contributed by atoms with E-state index in [4.69, 9.17) is 10.00 Å². The van der Waals surface area contributed by atoms with Crippen molar-refractivity contribution in [2.24, 2.45) is 0 Å². The van der Waals surface area contributed by atoms with Gasteiger partial charge in [-0.05, 0) is 36.4 Å². The molecular weight excluding hydrogens is 219 g/mol. The summed E-state index contributed by atoms with van der Waals surface area (Å²) in [6, 6.07) is 11.2. The molecule has 84 valence electrons. The molecule has 0 fully saturated rings. The van der Waals surface area contributed by atoms with Crippen LogP contribution in [0.4, 0.5) is 4.39 Å². The molecule has 0 spiro atoms. The molecule has 1 aromatic heterocycles. The van der Waals surface area contributed by atoms with E-state index in [1.807, 2.05) is 6.07 Å². The Labute approximate surface area is 98.1 Å². The van der Waals surface area contributed by atoms with Crippen molar-refractivity contribution >= 4 is 0 Å². The number of aromatic nitrogens is 1. The first-order valence-corrected chi connectivity index (χ1v) is 5.01. The molecule has 0 aliphatic rings. The first-order chi connectivity index (χ1) is 8.28. The second kappa shape index (κ2) is 5.08. The maximum atomic E-state index is 12.6. The van der Waals surface area contributed by atoms with Gasteiger partial charge in [0.2, 0.25) is 0 Å². The van der Waals surface area contributed by atoms with Crippen LogP contribution in [0.3, 0.4) is 0 Å². The Balaban J connectivity index is 1.98. The zero-order chi connectivity index (χ0) is 12.1. The lowest BCUT2D eigenvalue weighted by molar-refractivity contribution is 0.301. The summed E-state index contributed by atoms with van der Waals surface area (Å²) in [6.07, 6.45) is 1.49. The molecule has 17 heavy (non-hydrogen) atoms. The van der Waals surface area contributed by atoms with Crippen molar-refractivity contribution in [3.05, 3.63) is 59.7 Å². The number of halogens is 1. The topological polar surface area (TPSA) is 45.9 Å². The first-order valence-electron chi connectivity index (χ1n) is 5.01. The van der Waals surface area contributed by atoms with Gasteiger partial charge in [0.25, 0.3) is 0 Å². The van der Waals surface area contributed by atoms with Gasteiger partial charge in [-0.3, -0.25) is 4.98 Å². The van der Waals surface area contributed by atoms with Gasteiger partial charge in [0.1, 0.15) is 24.2 Å². The molecule has 0 saturated heterocycles. The standard InChI is InChI=1S/C13H9FN2O/c14-11-2-5-13(6-3-11)17-9-12-4-1-10(7-15)8-16-12/h1-6,8H,9H2. The molecule has 0 N–H and O–H groups in total. The smallest absolute Gasteiger partial charge is 0.130 e. The number of hydrogen-bond donors (Lipinski definition) is 0. The van der Waals surface area contributed by atoms with E-state index in [1.54, 1.807) is 24.3 Å². The van der Waals surface area contributed by atoms with Gasteiger partial charge < -0.3 is 4.74 Å². The number of nitriles is 1. The molecule has 1 aromatic carbocycles. The lowest BCUT2D eigenvalue weighted by Crippen LogP contribution is -1.98. The van der Waals surface area contributed by atoms with Gasteiger partial charge in [-0.15, -0.1) is 0 Å². The predicted molar refractivity (Wildman–Crippen MR) is 59.7 cm³/mol. The van der Waals surface area contributed by atoms with E-state index in [0.29, 0.717) is 17.0 Å². The van der Waals surface area contributed by atoms with Gasteiger partial charge in [0.05, 0.1) is 11.3 Å². The Morgan fingerprint density at radius 1 is 1.18 bits per heavy atom. The van der Waals surface area contributed by atoms with Gasteiger partial charge in [-0.1, -0.05) is 0 Å². The van der Waals surface area contributed by atoms with Crippen LogP contribution in [0.25, 0.3) is 0 Å². The minimum absolute atomic E-state index is 0.289. The quantitative estimate of drug-likeness (QED) is 0.811. The van der Waals surface area contributed by atoms with Crippen molar-refractivity contribution in [3.8, 4) is 11.8 Å². The lowest BCUT2D eigenvalue weighted by atomic mass is 10.3. The Hall–Kier alpha value is -2.41. The van der Waals surface area contributed by atoms with Gasteiger partial charge in [0.15, 0.2) is 0 Å². The molecule has 0 radical (unpaired) electrons. The van der Waals surface area contributed by atoms with Crippen LogP contribution in [0.5, 0.6) is 5.75 Å². The largest absolute Gasteiger partial charge is 0.487 e. The minimum Gasteiger partial charge on any atom is -0.487 e. The predicted octanol–water partition coefficient (Wildman–Crippen LogP) is 2.67. The van der Waals surface area contributed by atoms with Crippen molar-refractivity contribution in [3.63, 3.8) is 0 Å². The first kappa shape index (κ1) is 11.1. The average molecular weight is 228 g/mol. The van der Waals surface area contributed by atoms with Crippen molar-refractivity contribution < 1.29 is 9.13 Å². The highest BCUT2D eigenvalue weighted by Gasteiger charge is 1.98. The van der Waals surface area contributed by atoms with Gasteiger partial charge in [-0.25, -0.2) is 4.39 Å². The summed E-state index contributed by atoms with van der Waals surface area (Å²) in [5.41, 5.74) is 1.23. The summed E-state index contributed by atoms with van der Waals surface area (Å²) in [5, 5.41) is 8.61. The average Bonchev–Trinajstić information content (AvgIpc) is 2.39. The van der Waals surface area contributed by atoms with E-state index in [-0.39, 0.29) is 12.4 Å². The molecule has 2 aromatic rings. The molecule has 4 heteroatoms. The molecule has 0 aliphatic carbocycles. The van der Waals surface area contributed by atoms with E-state index in [9.17, 15) is 4.39 Å². The van der Waals surface area contributed by atoms with Crippen LogP contribution >= 0.6 is 0 Å². The molecule has 2 rings (SSSR count). The normalized spacial score (nSPS) is 9.65. The van der Waals surface area contributed by atoms with Crippen molar-refractivity contribution in [1.29, 1.82) is 5.26 Å². The minimum atomic E-state index is -0.297. The Kier molecular flexibility index (Phi) is 3.31. The van der Waals surface area contributed by atoms with E-state index in [1.165, 1.54) is 18.3 Å². The van der Waals surface area contributed by atoms with Crippen LogP contribution in [-0.2, 0) is 6.61 Å². The monoisotopic (exact) mass is 228 g/mol. The Morgan fingerprint density at radius 2 is 1.94 bits per heavy atom. The summed E-state index contributed by atoms with van der Waals surface area (Å²) in [7, 11) is 0. The molecule has 0 saturated carbocycles. The van der Waals surface area contributed by atoms with Crippen LogP contribution in [-0.4, -0.2) is 4.98 Å². The van der Waals surface area contributed by atoms with E-state index in [2.05, 4.69) is 4.98 Å². The Morgan fingerprint density at radius 3 is 2.53 bits per heavy atom. The van der Waals surface area contributed by atoms with Crippen LogP contribution in [0.1, 0.15) is 11.3 Å². The third-order valence-corrected chi connectivity index (χ3v) is 2.15. The highest BCUT2D eigenvalue weighted by atomic mass is 19.1. The maximum Gasteiger partial charge on any atom is 0.130 e. The second-order valence-corrected chi connectivity index (χ2v) is 3.39. The third-order valence-electron chi connectivity index (χ3n) is 2.15. The van der Waals surface area contributed by atoms with Crippen LogP contribution in [0.2, 0.25) is 0 Å². The van der Waals surface area contributed by atoms with Crippen LogP contribution in [0.15, 0.2) is 42.6 Å². The summed E-state index contributed by atoms with van der Waals surface area (Å²) in [4.78, 5) is 4.06. The molecule has 0 unspecified atom stereocenters. The second-order valence-electron chi connectivity index (χ2n) is 3.39. The number of hydrogen-bond acceptors (Lipinski definition) is 3. The fourth-order valence-corrected chi connectivity index (χ4v) is 1.26. The highest BCUT2D eigenvalue weighted by molar-refractivity contribution is 5.26. The molecule has 0 aliphatic heterocycles. The number of rotatable bonds is 3. The van der Waals surface area contributed by atoms with Crippen LogP contribution < -0.4 is 4.74 Å². The number of nitrogens with zero attached hydrogens (tertiary/aromatic N) is 2. The van der Waals surface area contributed by atoms with Crippen LogP contribution in [0, 0.1) is 17.1 Å². The molecule has 0 atom stereocenters. The van der Waals surface area contributed by atoms with Gasteiger partial charge >= 0.3 is 0 Å².